The van der Waals surface area contributed by atoms with Crippen molar-refractivity contribution in [2.24, 2.45) is 0 Å². The Morgan fingerprint density at radius 3 is 2.35 bits per heavy atom. The van der Waals surface area contributed by atoms with E-state index in [1.165, 1.54) is 5.39 Å². The first-order chi connectivity index (χ1) is 9.81. The predicted molar refractivity (Wildman–Crippen MR) is 83.1 cm³/mol. The zero-order chi connectivity index (χ0) is 14.2. The molecule has 0 spiro atoms. The lowest BCUT2D eigenvalue weighted by Gasteiger charge is -2.04. The first-order valence-electron chi connectivity index (χ1n) is 7.44. The fraction of sp³-hybridized carbons (Fsp3) is 0.389. The van der Waals surface area contributed by atoms with Gasteiger partial charge < -0.3 is 5.11 Å². The Morgan fingerprint density at radius 1 is 0.850 bits per heavy atom. The average molecular weight is 270 g/mol. The quantitative estimate of drug-likeness (QED) is 0.571. The third kappa shape index (κ3) is 4.17. The molecule has 0 saturated carbocycles. The van der Waals surface area contributed by atoms with Gasteiger partial charge in [0.05, 0.1) is 0 Å². The van der Waals surface area contributed by atoms with Crippen molar-refractivity contribution >= 4 is 16.6 Å². The number of hydrogen-bond donors (Lipinski definition) is 1. The second-order valence-corrected chi connectivity index (χ2v) is 5.23. The van der Waals surface area contributed by atoms with Gasteiger partial charge in [-0.2, -0.15) is 0 Å². The highest BCUT2D eigenvalue weighted by Gasteiger charge is 2.06. The highest BCUT2D eigenvalue weighted by atomic mass is 16.2. The number of rotatable bonds is 8. The van der Waals surface area contributed by atoms with Crippen LogP contribution in [0.25, 0.3) is 10.8 Å². The molecule has 0 amide bonds. The van der Waals surface area contributed by atoms with Crippen LogP contribution in [0.4, 0.5) is 0 Å². The van der Waals surface area contributed by atoms with E-state index in [4.69, 9.17) is 5.11 Å². The van der Waals surface area contributed by atoms with Gasteiger partial charge in [0, 0.05) is 18.6 Å². The van der Waals surface area contributed by atoms with Crippen molar-refractivity contribution in [3.8, 4) is 0 Å². The summed E-state index contributed by atoms with van der Waals surface area (Å²) in [6.07, 6.45) is 5.67. The van der Waals surface area contributed by atoms with E-state index in [-0.39, 0.29) is 12.4 Å². The Bertz CT molecular complexity index is 560. The van der Waals surface area contributed by atoms with E-state index in [0.29, 0.717) is 6.42 Å². The number of aliphatic hydroxyl groups excluding tert-OH is 1. The van der Waals surface area contributed by atoms with Gasteiger partial charge in [-0.25, -0.2) is 0 Å². The lowest BCUT2D eigenvalue weighted by molar-refractivity contribution is 0.0979. The minimum atomic E-state index is 0.234. The maximum Gasteiger partial charge on any atom is 0.162 e. The first kappa shape index (κ1) is 14.7. The fourth-order valence-electron chi connectivity index (χ4n) is 2.43. The summed E-state index contributed by atoms with van der Waals surface area (Å²) in [5.41, 5.74) is 0.819. The molecular formula is C18H22O2. The maximum atomic E-state index is 12.1. The van der Waals surface area contributed by atoms with Crippen molar-refractivity contribution in [2.45, 2.75) is 38.5 Å². The second-order valence-electron chi connectivity index (χ2n) is 5.23. The van der Waals surface area contributed by atoms with Crippen LogP contribution in [0.5, 0.6) is 0 Å². The molecule has 0 heterocycles. The van der Waals surface area contributed by atoms with Crippen molar-refractivity contribution in [3.63, 3.8) is 0 Å². The first-order valence-corrected chi connectivity index (χ1v) is 7.44. The van der Waals surface area contributed by atoms with Crippen molar-refractivity contribution in [2.75, 3.05) is 6.61 Å². The number of unbranched alkanes of at least 4 members (excludes halogenated alkanes) is 4. The van der Waals surface area contributed by atoms with Crippen LogP contribution in [0.15, 0.2) is 42.5 Å². The smallest absolute Gasteiger partial charge is 0.162 e. The predicted octanol–water partition coefficient (Wildman–Crippen LogP) is 4.36. The molecule has 0 fully saturated rings. The molecule has 0 unspecified atom stereocenters. The summed E-state index contributed by atoms with van der Waals surface area (Å²) >= 11 is 0. The highest BCUT2D eigenvalue weighted by Crippen LogP contribution is 2.17. The van der Waals surface area contributed by atoms with E-state index in [0.717, 1.165) is 43.1 Å². The Labute approximate surface area is 120 Å². The standard InChI is InChI=1S/C18H22O2/c19-13-7-3-1-2-4-10-18(20)17-12-11-15-8-5-6-9-16(15)14-17/h5-6,8-9,11-12,14,19H,1-4,7,10,13H2. The van der Waals surface area contributed by atoms with Crippen molar-refractivity contribution in [3.05, 3.63) is 48.0 Å². The molecular weight excluding hydrogens is 248 g/mol. The molecule has 0 bridgehead atoms. The minimum absolute atomic E-state index is 0.234. The van der Waals surface area contributed by atoms with Gasteiger partial charge in [0.25, 0.3) is 0 Å². The van der Waals surface area contributed by atoms with Gasteiger partial charge in [-0.05, 0) is 29.7 Å². The van der Waals surface area contributed by atoms with Gasteiger partial charge in [-0.1, -0.05) is 55.7 Å². The van der Waals surface area contributed by atoms with E-state index in [2.05, 4.69) is 6.07 Å². The number of hydrogen-bond acceptors (Lipinski definition) is 2. The van der Waals surface area contributed by atoms with Gasteiger partial charge in [-0.15, -0.1) is 0 Å². The second kappa shape index (κ2) is 7.81. The molecule has 2 aromatic carbocycles. The summed E-state index contributed by atoms with van der Waals surface area (Å²) in [7, 11) is 0. The summed E-state index contributed by atoms with van der Waals surface area (Å²) in [6.45, 7) is 0.274. The Balaban J connectivity index is 1.84. The Kier molecular flexibility index (Phi) is 5.75. The van der Waals surface area contributed by atoms with Crippen LogP contribution >= 0.6 is 0 Å². The highest BCUT2D eigenvalue weighted by molar-refractivity contribution is 5.99. The molecule has 2 heteroatoms. The third-order valence-corrected chi connectivity index (χ3v) is 3.63. The van der Waals surface area contributed by atoms with Crippen LogP contribution in [0, 0.1) is 0 Å². The van der Waals surface area contributed by atoms with Gasteiger partial charge in [0.15, 0.2) is 5.78 Å². The molecule has 0 aliphatic heterocycles. The van der Waals surface area contributed by atoms with Gasteiger partial charge in [0.1, 0.15) is 0 Å². The SMILES string of the molecule is O=C(CCCCCCCO)c1ccc2ccccc2c1. The van der Waals surface area contributed by atoms with E-state index in [1.54, 1.807) is 0 Å². The van der Waals surface area contributed by atoms with Crippen LogP contribution in [0.1, 0.15) is 48.9 Å². The molecule has 0 aliphatic carbocycles. The number of Topliss-reactive ketones (excluding diaryl/α,β-unsaturated/α-hetero) is 1. The molecule has 0 atom stereocenters. The Morgan fingerprint density at radius 2 is 1.55 bits per heavy atom. The minimum Gasteiger partial charge on any atom is -0.396 e. The van der Waals surface area contributed by atoms with Gasteiger partial charge in [0.2, 0.25) is 0 Å². The number of fused-ring (bicyclic) bond motifs is 1. The molecule has 20 heavy (non-hydrogen) atoms. The van der Waals surface area contributed by atoms with Crippen molar-refractivity contribution in [1.82, 2.24) is 0 Å². The number of aliphatic hydroxyl groups is 1. The monoisotopic (exact) mass is 270 g/mol. The number of carbonyl (C=O) groups excluding carboxylic acids is 1. The summed E-state index contributed by atoms with van der Waals surface area (Å²) in [4.78, 5) is 12.1. The molecule has 106 valence electrons. The normalized spacial score (nSPS) is 10.8. The van der Waals surface area contributed by atoms with Crippen LogP contribution in [0.3, 0.4) is 0 Å². The molecule has 2 nitrogen and oxygen atoms in total. The lowest BCUT2D eigenvalue weighted by Crippen LogP contribution is -1.98. The molecule has 2 aromatic rings. The molecule has 0 saturated heterocycles. The average Bonchev–Trinajstić information content (AvgIpc) is 2.50. The van der Waals surface area contributed by atoms with Gasteiger partial charge >= 0.3 is 0 Å². The summed E-state index contributed by atoms with van der Waals surface area (Å²) in [5, 5.41) is 11.0. The molecule has 1 N–H and O–H groups in total. The summed E-state index contributed by atoms with van der Waals surface area (Å²) in [5.74, 6) is 0.234. The fourth-order valence-corrected chi connectivity index (χ4v) is 2.43. The molecule has 0 aromatic heterocycles. The molecule has 0 radical (unpaired) electrons. The molecule has 0 aliphatic rings. The number of benzene rings is 2. The van der Waals surface area contributed by atoms with Crippen LogP contribution in [-0.4, -0.2) is 17.5 Å². The summed E-state index contributed by atoms with van der Waals surface area (Å²) < 4.78 is 0. The van der Waals surface area contributed by atoms with E-state index in [1.807, 2.05) is 36.4 Å². The topological polar surface area (TPSA) is 37.3 Å². The Hall–Kier alpha value is -1.67. The summed E-state index contributed by atoms with van der Waals surface area (Å²) in [6, 6.07) is 14.0. The third-order valence-electron chi connectivity index (χ3n) is 3.63. The zero-order valence-corrected chi connectivity index (χ0v) is 11.8. The maximum absolute atomic E-state index is 12.1. The van der Waals surface area contributed by atoms with Crippen LogP contribution in [0.2, 0.25) is 0 Å². The van der Waals surface area contributed by atoms with Crippen molar-refractivity contribution in [1.29, 1.82) is 0 Å². The van der Waals surface area contributed by atoms with E-state index >= 15 is 0 Å². The largest absolute Gasteiger partial charge is 0.396 e. The van der Waals surface area contributed by atoms with Gasteiger partial charge in [-0.3, -0.25) is 4.79 Å². The van der Waals surface area contributed by atoms with E-state index < -0.39 is 0 Å². The molecule has 2 rings (SSSR count). The number of carbonyl (C=O) groups is 1. The number of ketones is 1. The van der Waals surface area contributed by atoms with E-state index in [9.17, 15) is 4.79 Å². The van der Waals surface area contributed by atoms with Crippen LogP contribution in [-0.2, 0) is 0 Å². The zero-order valence-electron chi connectivity index (χ0n) is 11.8. The lowest BCUT2D eigenvalue weighted by atomic mass is 10.0. The van der Waals surface area contributed by atoms with Crippen molar-refractivity contribution < 1.29 is 9.90 Å². The van der Waals surface area contributed by atoms with Crippen LogP contribution < -0.4 is 0 Å².